The van der Waals surface area contributed by atoms with Crippen molar-refractivity contribution in [2.75, 3.05) is 7.11 Å². The number of H-pyrrole nitrogens is 1. The van der Waals surface area contributed by atoms with E-state index in [0.29, 0.717) is 10.2 Å². The summed E-state index contributed by atoms with van der Waals surface area (Å²) < 4.78 is 6.48. The molecule has 1 aromatic heterocycles. The Kier molecular flexibility index (Phi) is 6.02. The zero-order chi connectivity index (χ0) is 21.8. The molecule has 4 N–H and O–H groups in total. The Morgan fingerprint density at radius 1 is 1.20 bits per heavy atom. The fraction of sp³-hybridized carbons (Fsp3) is 0.0526. The van der Waals surface area contributed by atoms with Crippen molar-refractivity contribution in [2.24, 2.45) is 5.10 Å². The molecule has 0 radical (unpaired) electrons. The number of nitrogens with zero attached hydrogens (tertiary/aromatic N) is 2. The Hall–Kier alpha value is -3.86. The summed E-state index contributed by atoms with van der Waals surface area (Å²) in [6, 6.07) is 10.4. The number of carbonyl (C=O) groups excluding carboxylic acids is 1. The second-order valence-electron chi connectivity index (χ2n) is 5.89. The van der Waals surface area contributed by atoms with E-state index in [-0.39, 0.29) is 22.6 Å². The highest BCUT2D eigenvalue weighted by Gasteiger charge is 2.15. The highest BCUT2D eigenvalue weighted by molar-refractivity contribution is 9.10. The summed E-state index contributed by atoms with van der Waals surface area (Å²) in [4.78, 5) is 38.5. The van der Waals surface area contributed by atoms with Crippen LogP contribution in [0.25, 0.3) is 5.69 Å². The van der Waals surface area contributed by atoms with Crippen LogP contribution < -0.4 is 21.4 Å². The summed E-state index contributed by atoms with van der Waals surface area (Å²) in [6.07, 6.45) is 0.889. The SMILES string of the molecule is COc1ccc(-n2c(O)c(C=NNC(=O)c3cc(Br)ccc3O)c(=O)[nH]c2=O)cc1. The number of nitrogens with one attached hydrogen (secondary N) is 2. The van der Waals surface area contributed by atoms with E-state index in [1.54, 1.807) is 18.2 Å². The number of hydrogen-bond donors (Lipinski definition) is 4. The van der Waals surface area contributed by atoms with Crippen molar-refractivity contribution < 1.29 is 19.7 Å². The molecule has 0 bridgehead atoms. The predicted octanol–water partition coefficient (Wildman–Crippen LogP) is 1.47. The van der Waals surface area contributed by atoms with Crippen molar-refractivity contribution in [3.05, 3.63) is 78.9 Å². The van der Waals surface area contributed by atoms with Crippen molar-refractivity contribution in [3.63, 3.8) is 0 Å². The third-order valence-corrected chi connectivity index (χ3v) is 4.51. The molecule has 10 nitrogen and oxygen atoms in total. The van der Waals surface area contributed by atoms with Crippen molar-refractivity contribution in [1.82, 2.24) is 15.0 Å². The molecule has 0 aliphatic heterocycles. The minimum Gasteiger partial charge on any atom is -0.507 e. The molecule has 1 heterocycles. The number of benzene rings is 2. The maximum atomic E-state index is 12.2. The number of phenolic OH excluding ortho intramolecular Hbond substituents is 1. The number of ether oxygens (including phenoxy) is 1. The summed E-state index contributed by atoms with van der Waals surface area (Å²) in [5.74, 6) is -1.14. The molecule has 3 aromatic rings. The average Bonchev–Trinajstić information content (AvgIpc) is 2.72. The lowest BCUT2D eigenvalue weighted by Gasteiger charge is -2.10. The second-order valence-corrected chi connectivity index (χ2v) is 6.81. The average molecular weight is 475 g/mol. The third kappa shape index (κ3) is 4.25. The summed E-state index contributed by atoms with van der Waals surface area (Å²) in [6.45, 7) is 0. The van der Waals surface area contributed by atoms with Crippen LogP contribution in [0.5, 0.6) is 17.4 Å². The van der Waals surface area contributed by atoms with Crippen LogP contribution in [0, 0.1) is 0 Å². The van der Waals surface area contributed by atoms with Crippen LogP contribution in [0.3, 0.4) is 0 Å². The predicted molar refractivity (Wildman–Crippen MR) is 112 cm³/mol. The van der Waals surface area contributed by atoms with E-state index >= 15 is 0 Å². The molecule has 0 aliphatic rings. The summed E-state index contributed by atoms with van der Waals surface area (Å²) >= 11 is 3.19. The van der Waals surface area contributed by atoms with Gasteiger partial charge in [-0.2, -0.15) is 5.10 Å². The first-order valence-corrected chi connectivity index (χ1v) is 9.15. The van der Waals surface area contributed by atoms with Crippen molar-refractivity contribution in [3.8, 4) is 23.1 Å². The lowest BCUT2D eigenvalue weighted by atomic mass is 10.2. The number of halogens is 1. The standard InChI is InChI=1S/C19H15BrN4O6/c1-30-12-5-3-11(4-6-12)24-18(28)14(16(26)22-19(24)29)9-21-23-17(27)13-8-10(20)2-7-15(13)25/h2-9,25,28H,1H3,(H,23,27)(H,22,26,29). The number of rotatable bonds is 5. The highest BCUT2D eigenvalue weighted by atomic mass is 79.9. The number of amides is 1. The van der Waals surface area contributed by atoms with E-state index in [1.807, 2.05) is 0 Å². The van der Waals surface area contributed by atoms with Gasteiger partial charge < -0.3 is 14.9 Å². The molecular formula is C19H15BrN4O6. The minimum atomic E-state index is -0.898. The molecule has 1 amide bonds. The van der Waals surface area contributed by atoms with Gasteiger partial charge in [0.15, 0.2) is 0 Å². The number of phenols is 1. The van der Waals surface area contributed by atoms with E-state index in [4.69, 9.17) is 4.74 Å². The molecule has 0 saturated heterocycles. The Morgan fingerprint density at radius 2 is 1.90 bits per heavy atom. The van der Waals surface area contributed by atoms with Crippen LogP contribution in [0.15, 0.2) is 61.6 Å². The number of aromatic hydroxyl groups is 2. The van der Waals surface area contributed by atoms with Gasteiger partial charge >= 0.3 is 5.69 Å². The highest BCUT2D eigenvalue weighted by Crippen LogP contribution is 2.22. The van der Waals surface area contributed by atoms with Crippen LogP contribution >= 0.6 is 15.9 Å². The molecule has 0 saturated carbocycles. The van der Waals surface area contributed by atoms with Crippen LogP contribution in [0.1, 0.15) is 15.9 Å². The molecule has 0 atom stereocenters. The van der Waals surface area contributed by atoms with Crippen molar-refractivity contribution in [1.29, 1.82) is 0 Å². The lowest BCUT2D eigenvalue weighted by Crippen LogP contribution is -2.31. The number of hydrazone groups is 1. The Balaban J connectivity index is 1.92. The molecule has 2 aromatic carbocycles. The molecular weight excluding hydrogens is 460 g/mol. The molecule has 3 rings (SSSR count). The molecule has 0 spiro atoms. The number of aromatic amines is 1. The number of methoxy groups -OCH3 is 1. The van der Waals surface area contributed by atoms with Crippen molar-refractivity contribution >= 4 is 28.1 Å². The minimum absolute atomic E-state index is 0.0529. The van der Waals surface area contributed by atoms with Gasteiger partial charge in [0.1, 0.15) is 17.1 Å². The van der Waals surface area contributed by atoms with E-state index in [0.717, 1.165) is 10.8 Å². The fourth-order valence-corrected chi connectivity index (χ4v) is 2.89. The van der Waals surface area contributed by atoms with Crippen LogP contribution in [-0.2, 0) is 0 Å². The van der Waals surface area contributed by atoms with Gasteiger partial charge in [0, 0.05) is 4.47 Å². The van der Waals surface area contributed by atoms with Gasteiger partial charge in [-0.1, -0.05) is 15.9 Å². The number of hydrogen-bond acceptors (Lipinski definition) is 7. The molecule has 30 heavy (non-hydrogen) atoms. The third-order valence-electron chi connectivity index (χ3n) is 4.01. The smallest absolute Gasteiger partial charge is 0.335 e. The van der Waals surface area contributed by atoms with Crippen LogP contribution in [0.2, 0.25) is 0 Å². The molecule has 11 heteroatoms. The summed E-state index contributed by atoms with van der Waals surface area (Å²) in [7, 11) is 1.48. The Morgan fingerprint density at radius 3 is 2.57 bits per heavy atom. The van der Waals surface area contributed by atoms with Gasteiger partial charge in [-0.05, 0) is 42.5 Å². The normalized spacial score (nSPS) is 10.9. The van der Waals surface area contributed by atoms with E-state index in [1.165, 1.54) is 31.4 Å². The van der Waals surface area contributed by atoms with Crippen molar-refractivity contribution in [2.45, 2.75) is 0 Å². The van der Waals surface area contributed by atoms with Gasteiger partial charge in [0.25, 0.3) is 11.5 Å². The largest absolute Gasteiger partial charge is 0.507 e. The van der Waals surface area contributed by atoms with E-state index < -0.39 is 23.0 Å². The van der Waals surface area contributed by atoms with Gasteiger partial charge in [-0.25, -0.2) is 14.8 Å². The lowest BCUT2D eigenvalue weighted by molar-refractivity contribution is 0.0952. The molecule has 0 aliphatic carbocycles. The van der Waals surface area contributed by atoms with E-state index in [2.05, 4.69) is 31.4 Å². The second kappa shape index (κ2) is 8.66. The van der Waals surface area contributed by atoms with E-state index in [9.17, 15) is 24.6 Å². The summed E-state index contributed by atoms with van der Waals surface area (Å²) in [5.41, 5.74) is 0.245. The first kappa shape index (κ1) is 20.9. The summed E-state index contributed by atoms with van der Waals surface area (Å²) in [5, 5.41) is 23.9. The number of aromatic nitrogens is 2. The quantitative estimate of drug-likeness (QED) is 0.325. The topological polar surface area (TPSA) is 146 Å². The molecule has 0 fully saturated rings. The van der Waals surface area contributed by atoms with Gasteiger partial charge in [0.05, 0.1) is 24.6 Å². The van der Waals surface area contributed by atoms with Gasteiger partial charge in [0.2, 0.25) is 5.88 Å². The monoisotopic (exact) mass is 474 g/mol. The molecule has 0 unspecified atom stereocenters. The fourth-order valence-electron chi connectivity index (χ4n) is 2.53. The zero-order valence-electron chi connectivity index (χ0n) is 15.4. The molecule has 154 valence electrons. The first-order valence-electron chi connectivity index (χ1n) is 8.36. The maximum absolute atomic E-state index is 12.2. The first-order chi connectivity index (χ1) is 14.3. The Labute approximate surface area is 177 Å². The van der Waals surface area contributed by atoms with Gasteiger partial charge in [-0.3, -0.25) is 14.6 Å². The zero-order valence-corrected chi connectivity index (χ0v) is 17.0. The van der Waals surface area contributed by atoms with Crippen LogP contribution in [0.4, 0.5) is 0 Å². The van der Waals surface area contributed by atoms with Crippen LogP contribution in [-0.4, -0.2) is 39.0 Å². The van der Waals surface area contributed by atoms with Gasteiger partial charge in [-0.15, -0.1) is 0 Å². The maximum Gasteiger partial charge on any atom is 0.335 e. The Bertz CT molecular complexity index is 1250. The number of carbonyl (C=O) groups is 1.